The van der Waals surface area contributed by atoms with Crippen molar-refractivity contribution in [3.63, 3.8) is 0 Å². The first-order chi connectivity index (χ1) is 9.59. The minimum atomic E-state index is -0.123. The lowest BCUT2D eigenvalue weighted by atomic mass is 10.1. The lowest BCUT2D eigenvalue weighted by Gasteiger charge is -2.30. The van der Waals surface area contributed by atoms with Crippen molar-refractivity contribution >= 4 is 33.4 Å². The fourth-order valence-corrected chi connectivity index (χ4v) is 2.91. The maximum atomic E-state index is 12.3. The number of para-hydroxylation sites is 1. The van der Waals surface area contributed by atoms with Crippen LogP contribution in [0.4, 0.5) is 5.69 Å². The molecule has 1 aliphatic heterocycles. The molecule has 1 heterocycles. The van der Waals surface area contributed by atoms with Gasteiger partial charge in [-0.3, -0.25) is 9.59 Å². The summed E-state index contributed by atoms with van der Waals surface area (Å²) in [5.41, 5.74) is 0.741. The van der Waals surface area contributed by atoms with Gasteiger partial charge in [-0.25, -0.2) is 0 Å². The van der Waals surface area contributed by atoms with Gasteiger partial charge in [0.2, 0.25) is 11.8 Å². The quantitative estimate of drug-likeness (QED) is 0.850. The van der Waals surface area contributed by atoms with E-state index in [0.717, 1.165) is 36.1 Å². The molecule has 0 spiro atoms. The molecule has 108 valence electrons. The van der Waals surface area contributed by atoms with Crippen molar-refractivity contribution in [2.24, 2.45) is 0 Å². The molecular formula is C15H19BrN2O2. The van der Waals surface area contributed by atoms with Gasteiger partial charge < -0.3 is 9.80 Å². The van der Waals surface area contributed by atoms with E-state index in [1.807, 2.05) is 29.2 Å². The molecule has 2 rings (SSSR count). The van der Waals surface area contributed by atoms with Gasteiger partial charge in [-0.15, -0.1) is 0 Å². The van der Waals surface area contributed by atoms with E-state index in [9.17, 15) is 9.59 Å². The highest BCUT2D eigenvalue weighted by molar-refractivity contribution is 9.10. The van der Waals surface area contributed by atoms with Gasteiger partial charge in [-0.05, 0) is 47.3 Å². The summed E-state index contributed by atoms with van der Waals surface area (Å²) in [7, 11) is 0. The first-order valence-electron chi connectivity index (χ1n) is 6.90. The number of piperidine rings is 1. The Morgan fingerprint density at radius 3 is 2.45 bits per heavy atom. The third-order valence-electron chi connectivity index (χ3n) is 3.53. The zero-order chi connectivity index (χ0) is 14.5. The summed E-state index contributed by atoms with van der Waals surface area (Å²) in [6.45, 7) is 3.21. The monoisotopic (exact) mass is 338 g/mol. The van der Waals surface area contributed by atoms with Crippen molar-refractivity contribution in [2.75, 3.05) is 24.5 Å². The summed E-state index contributed by atoms with van der Waals surface area (Å²) < 4.78 is 0.821. The van der Waals surface area contributed by atoms with Crippen LogP contribution in [0.25, 0.3) is 0 Å². The van der Waals surface area contributed by atoms with Crippen molar-refractivity contribution in [3.05, 3.63) is 28.7 Å². The molecule has 1 aliphatic rings. The molecule has 0 saturated carbocycles. The van der Waals surface area contributed by atoms with Crippen molar-refractivity contribution in [3.8, 4) is 0 Å². The van der Waals surface area contributed by atoms with Gasteiger partial charge in [0, 0.05) is 24.5 Å². The third-order valence-corrected chi connectivity index (χ3v) is 4.20. The number of carbonyl (C=O) groups excluding carboxylic acids is 2. The molecule has 5 heteroatoms. The zero-order valence-electron chi connectivity index (χ0n) is 11.6. The van der Waals surface area contributed by atoms with E-state index in [1.54, 1.807) is 0 Å². The molecule has 1 aromatic carbocycles. The maximum Gasteiger partial charge on any atom is 0.242 e. The molecule has 1 saturated heterocycles. The van der Waals surface area contributed by atoms with E-state index < -0.39 is 0 Å². The lowest BCUT2D eigenvalue weighted by molar-refractivity contribution is -0.132. The highest BCUT2D eigenvalue weighted by Crippen LogP contribution is 2.26. The number of nitrogens with zero attached hydrogens (tertiary/aromatic N) is 2. The number of likely N-dealkylation sites (tertiary alicyclic amines) is 1. The average molecular weight is 339 g/mol. The second kappa shape index (κ2) is 6.88. The van der Waals surface area contributed by atoms with Crippen LogP contribution in [-0.4, -0.2) is 36.3 Å². The zero-order valence-corrected chi connectivity index (χ0v) is 13.2. The van der Waals surface area contributed by atoms with Gasteiger partial charge in [0.05, 0.1) is 5.69 Å². The fourth-order valence-electron chi connectivity index (χ4n) is 2.42. The molecule has 0 bridgehead atoms. The van der Waals surface area contributed by atoms with E-state index in [-0.39, 0.29) is 18.4 Å². The standard InChI is InChI=1S/C15H19BrN2O2/c1-12(19)18(14-8-4-3-7-13(14)16)11-15(20)17-9-5-2-6-10-17/h3-4,7-8H,2,5-6,9-11H2,1H3. The molecular weight excluding hydrogens is 320 g/mol. The number of rotatable bonds is 3. The molecule has 0 atom stereocenters. The van der Waals surface area contributed by atoms with Gasteiger partial charge in [-0.2, -0.15) is 0 Å². The van der Waals surface area contributed by atoms with E-state index in [4.69, 9.17) is 0 Å². The van der Waals surface area contributed by atoms with E-state index in [1.165, 1.54) is 18.2 Å². The number of carbonyl (C=O) groups is 2. The Balaban J connectivity index is 2.12. The highest BCUT2D eigenvalue weighted by Gasteiger charge is 2.22. The van der Waals surface area contributed by atoms with E-state index in [0.29, 0.717) is 0 Å². The van der Waals surface area contributed by atoms with Crippen LogP contribution in [-0.2, 0) is 9.59 Å². The topological polar surface area (TPSA) is 40.6 Å². The summed E-state index contributed by atoms with van der Waals surface area (Å²) in [6, 6.07) is 7.46. The van der Waals surface area contributed by atoms with Crippen LogP contribution in [0, 0.1) is 0 Å². The van der Waals surface area contributed by atoms with Gasteiger partial charge in [-0.1, -0.05) is 12.1 Å². The Bertz CT molecular complexity index is 498. The van der Waals surface area contributed by atoms with Crippen molar-refractivity contribution in [1.29, 1.82) is 0 Å². The second-order valence-electron chi connectivity index (χ2n) is 5.00. The Morgan fingerprint density at radius 2 is 1.85 bits per heavy atom. The Hall–Kier alpha value is -1.36. The molecule has 0 unspecified atom stereocenters. The molecule has 0 aromatic heterocycles. The minimum Gasteiger partial charge on any atom is -0.341 e. The van der Waals surface area contributed by atoms with Gasteiger partial charge in [0.1, 0.15) is 6.54 Å². The average Bonchev–Trinajstić information content (AvgIpc) is 2.46. The molecule has 1 fully saturated rings. The molecule has 4 nitrogen and oxygen atoms in total. The van der Waals surface area contributed by atoms with Crippen molar-refractivity contribution in [2.45, 2.75) is 26.2 Å². The summed E-state index contributed by atoms with van der Waals surface area (Å²) in [4.78, 5) is 27.5. The van der Waals surface area contributed by atoms with Crippen LogP contribution in [0.2, 0.25) is 0 Å². The predicted octanol–water partition coefficient (Wildman–Crippen LogP) is 2.81. The van der Waals surface area contributed by atoms with E-state index >= 15 is 0 Å². The first-order valence-corrected chi connectivity index (χ1v) is 7.69. The summed E-state index contributed by atoms with van der Waals surface area (Å²) >= 11 is 3.43. The molecule has 2 amide bonds. The lowest BCUT2D eigenvalue weighted by Crippen LogP contribution is -2.44. The number of hydrogen-bond donors (Lipinski definition) is 0. The van der Waals surface area contributed by atoms with Crippen LogP contribution < -0.4 is 4.90 Å². The summed E-state index contributed by atoms with van der Waals surface area (Å²) in [5, 5.41) is 0. The van der Waals surface area contributed by atoms with Gasteiger partial charge >= 0.3 is 0 Å². The minimum absolute atomic E-state index is 0.0238. The number of halogens is 1. The normalized spacial score (nSPS) is 15.0. The highest BCUT2D eigenvalue weighted by atomic mass is 79.9. The van der Waals surface area contributed by atoms with Gasteiger partial charge in [0.25, 0.3) is 0 Å². The SMILES string of the molecule is CC(=O)N(CC(=O)N1CCCCC1)c1ccccc1Br. The number of anilines is 1. The van der Waals surface area contributed by atoms with Gasteiger partial charge in [0.15, 0.2) is 0 Å². The van der Waals surface area contributed by atoms with E-state index in [2.05, 4.69) is 15.9 Å². The number of hydrogen-bond acceptors (Lipinski definition) is 2. The van der Waals surface area contributed by atoms with Crippen molar-refractivity contribution < 1.29 is 9.59 Å². The number of benzene rings is 1. The van der Waals surface area contributed by atoms with Crippen LogP contribution in [0.5, 0.6) is 0 Å². The first kappa shape index (κ1) is 15.0. The fraction of sp³-hybridized carbons (Fsp3) is 0.467. The second-order valence-corrected chi connectivity index (χ2v) is 5.85. The summed E-state index contributed by atoms with van der Waals surface area (Å²) in [5.74, 6) is -0.0992. The predicted molar refractivity (Wildman–Crippen MR) is 82.6 cm³/mol. The third kappa shape index (κ3) is 3.60. The Kier molecular flexibility index (Phi) is 5.17. The molecule has 0 aliphatic carbocycles. The summed E-state index contributed by atoms with van der Waals surface area (Å²) in [6.07, 6.45) is 3.30. The van der Waals surface area contributed by atoms with Crippen molar-refractivity contribution in [1.82, 2.24) is 4.90 Å². The van der Waals surface area contributed by atoms with Crippen LogP contribution >= 0.6 is 15.9 Å². The van der Waals surface area contributed by atoms with Crippen LogP contribution in [0.3, 0.4) is 0 Å². The molecule has 20 heavy (non-hydrogen) atoms. The molecule has 0 radical (unpaired) electrons. The smallest absolute Gasteiger partial charge is 0.242 e. The maximum absolute atomic E-state index is 12.3. The Labute approximate surface area is 127 Å². The Morgan fingerprint density at radius 1 is 1.20 bits per heavy atom. The molecule has 0 N–H and O–H groups in total. The molecule has 1 aromatic rings. The number of amides is 2. The van der Waals surface area contributed by atoms with Crippen LogP contribution in [0.15, 0.2) is 28.7 Å². The largest absolute Gasteiger partial charge is 0.341 e. The van der Waals surface area contributed by atoms with Crippen LogP contribution in [0.1, 0.15) is 26.2 Å².